The smallest absolute Gasteiger partial charge is 0.253 e. The molecule has 0 saturated carbocycles. The van der Waals surface area contributed by atoms with E-state index in [0.717, 1.165) is 35.2 Å². The summed E-state index contributed by atoms with van der Waals surface area (Å²) in [6.45, 7) is 1.80. The van der Waals surface area contributed by atoms with Gasteiger partial charge in [-0.05, 0) is 84.3 Å². The van der Waals surface area contributed by atoms with Crippen LogP contribution in [0, 0.1) is 3.57 Å². The van der Waals surface area contributed by atoms with Gasteiger partial charge in [0.15, 0.2) is 0 Å². The number of hydrogen-bond acceptors (Lipinski definition) is 3. The molecular formula is C20H22IN3O2. The zero-order valence-electron chi connectivity index (χ0n) is 14.5. The zero-order chi connectivity index (χ0) is 18.4. The Bertz CT molecular complexity index is 771. The van der Waals surface area contributed by atoms with Crippen LogP contribution in [-0.2, 0) is 4.79 Å². The number of nitrogens with one attached hydrogen (secondary N) is 2. The number of carbonyl (C=O) groups excluding carboxylic acids is 2. The summed E-state index contributed by atoms with van der Waals surface area (Å²) in [5, 5.41) is 5.94. The predicted molar refractivity (Wildman–Crippen MR) is 112 cm³/mol. The first kappa shape index (κ1) is 18.7. The summed E-state index contributed by atoms with van der Waals surface area (Å²) in [7, 11) is 0. The Morgan fingerprint density at radius 1 is 0.962 bits per heavy atom. The molecule has 0 aromatic heterocycles. The maximum atomic E-state index is 12.6. The average molecular weight is 463 g/mol. The van der Waals surface area contributed by atoms with E-state index in [9.17, 15) is 9.59 Å². The second-order valence-corrected chi connectivity index (χ2v) is 7.59. The number of amides is 2. The Morgan fingerprint density at radius 3 is 2.42 bits per heavy atom. The molecule has 0 bridgehead atoms. The summed E-state index contributed by atoms with van der Waals surface area (Å²) in [5.41, 5.74) is 2.16. The number of hydrogen-bond donors (Lipinski definition) is 2. The number of benzene rings is 2. The molecule has 3 rings (SSSR count). The van der Waals surface area contributed by atoms with E-state index in [4.69, 9.17) is 0 Å². The standard InChI is InChI=1S/C20H22IN3O2/c21-16-7-9-17(10-8-16)22-14-19(25)23-18-6-4-5-15(13-18)20(26)24-11-2-1-3-12-24/h4-10,13,22H,1-3,11-12,14H2,(H,23,25). The molecule has 2 aromatic rings. The van der Waals surface area contributed by atoms with Crippen LogP contribution in [0.5, 0.6) is 0 Å². The Labute approximate surface area is 167 Å². The van der Waals surface area contributed by atoms with Gasteiger partial charge in [-0.1, -0.05) is 6.07 Å². The van der Waals surface area contributed by atoms with Crippen molar-refractivity contribution in [3.63, 3.8) is 0 Å². The highest BCUT2D eigenvalue weighted by Gasteiger charge is 2.18. The van der Waals surface area contributed by atoms with Gasteiger partial charge < -0.3 is 15.5 Å². The first-order chi connectivity index (χ1) is 12.6. The third-order valence-electron chi connectivity index (χ3n) is 4.33. The highest BCUT2D eigenvalue weighted by molar-refractivity contribution is 14.1. The minimum atomic E-state index is -0.147. The van der Waals surface area contributed by atoms with Crippen LogP contribution in [0.1, 0.15) is 29.6 Å². The van der Waals surface area contributed by atoms with Crippen molar-refractivity contribution in [3.05, 3.63) is 57.7 Å². The summed E-state index contributed by atoms with van der Waals surface area (Å²) in [4.78, 5) is 26.6. The molecule has 5 nitrogen and oxygen atoms in total. The highest BCUT2D eigenvalue weighted by Crippen LogP contribution is 2.16. The van der Waals surface area contributed by atoms with Crippen LogP contribution in [0.15, 0.2) is 48.5 Å². The Balaban J connectivity index is 1.56. The molecule has 0 spiro atoms. The van der Waals surface area contributed by atoms with E-state index >= 15 is 0 Å². The third-order valence-corrected chi connectivity index (χ3v) is 5.05. The van der Waals surface area contributed by atoms with Gasteiger partial charge in [0, 0.05) is 33.6 Å². The van der Waals surface area contributed by atoms with Gasteiger partial charge >= 0.3 is 0 Å². The second kappa shape index (κ2) is 9.02. The molecule has 1 heterocycles. The minimum absolute atomic E-state index is 0.0396. The lowest BCUT2D eigenvalue weighted by molar-refractivity contribution is -0.114. The maximum Gasteiger partial charge on any atom is 0.253 e. The number of likely N-dealkylation sites (tertiary alicyclic amines) is 1. The van der Waals surface area contributed by atoms with Crippen molar-refractivity contribution in [3.8, 4) is 0 Å². The van der Waals surface area contributed by atoms with E-state index in [1.54, 1.807) is 24.3 Å². The third kappa shape index (κ3) is 5.20. The lowest BCUT2D eigenvalue weighted by Gasteiger charge is -2.26. The van der Waals surface area contributed by atoms with Crippen molar-refractivity contribution in [2.24, 2.45) is 0 Å². The fraction of sp³-hybridized carbons (Fsp3) is 0.300. The quantitative estimate of drug-likeness (QED) is 0.660. The van der Waals surface area contributed by atoms with Crippen molar-refractivity contribution >= 4 is 45.8 Å². The van der Waals surface area contributed by atoms with E-state index < -0.39 is 0 Å². The molecule has 26 heavy (non-hydrogen) atoms. The van der Waals surface area contributed by atoms with E-state index in [1.165, 1.54) is 6.42 Å². The normalized spacial score (nSPS) is 14.0. The molecule has 1 aliphatic rings. The van der Waals surface area contributed by atoms with E-state index in [1.807, 2.05) is 29.2 Å². The van der Waals surface area contributed by atoms with Crippen LogP contribution in [0.25, 0.3) is 0 Å². The first-order valence-corrected chi connectivity index (χ1v) is 9.88. The number of rotatable bonds is 5. The molecule has 0 atom stereocenters. The van der Waals surface area contributed by atoms with Crippen LogP contribution in [0.3, 0.4) is 0 Å². The molecule has 0 aliphatic carbocycles. The van der Waals surface area contributed by atoms with Crippen LogP contribution >= 0.6 is 22.6 Å². The van der Waals surface area contributed by atoms with Crippen molar-refractivity contribution in [1.82, 2.24) is 4.90 Å². The maximum absolute atomic E-state index is 12.6. The summed E-state index contributed by atoms with van der Waals surface area (Å²) in [5.74, 6) is -0.107. The topological polar surface area (TPSA) is 61.4 Å². The average Bonchev–Trinajstić information content (AvgIpc) is 2.68. The Hall–Kier alpha value is -2.09. The number of piperidine rings is 1. The van der Waals surface area contributed by atoms with E-state index in [-0.39, 0.29) is 18.4 Å². The Morgan fingerprint density at radius 2 is 1.69 bits per heavy atom. The second-order valence-electron chi connectivity index (χ2n) is 6.34. The molecule has 6 heteroatoms. The molecule has 136 valence electrons. The fourth-order valence-corrected chi connectivity index (χ4v) is 3.32. The predicted octanol–water partition coefficient (Wildman–Crippen LogP) is 3.97. The monoisotopic (exact) mass is 463 g/mol. The number of anilines is 2. The van der Waals surface area contributed by atoms with Crippen LogP contribution in [-0.4, -0.2) is 36.3 Å². The molecule has 2 N–H and O–H groups in total. The summed E-state index contributed by atoms with van der Waals surface area (Å²) in [6, 6.07) is 15.0. The number of carbonyl (C=O) groups is 2. The SMILES string of the molecule is O=C(CNc1ccc(I)cc1)Nc1cccc(C(=O)N2CCCCC2)c1. The molecule has 2 aromatic carbocycles. The van der Waals surface area contributed by atoms with Crippen LogP contribution in [0.2, 0.25) is 0 Å². The minimum Gasteiger partial charge on any atom is -0.376 e. The van der Waals surface area contributed by atoms with E-state index in [0.29, 0.717) is 11.3 Å². The van der Waals surface area contributed by atoms with Crippen molar-refractivity contribution < 1.29 is 9.59 Å². The van der Waals surface area contributed by atoms with Crippen LogP contribution in [0.4, 0.5) is 11.4 Å². The van der Waals surface area contributed by atoms with Gasteiger partial charge in [0.2, 0.25) is 5.91 Å². The summed E-state index contributed by atoms with van der Waals surface area (Å²) in [6.07, 6.45) is 3.31. The van der Waals surface area contributed by atoms with Crippen LogP contribution < -0.4 is 10.6 Å². The fourth-order valence-electron chi connectivity index (χ4n) is 2.96. The van der Waals surface area contributed by atoms with Gasteiger partial charge in [0.05, 0.1) is 6.54 Å². The van der Waals surface area contributed by atoms with Crippen molar-refractivity contribution in [1.29, 1.82) is 0 Å². The van der Waals surface area contributed by atoms with Gasteiger partial charge in [0.25, 0.3) is 5.91 Å². The molecule has 0 unspecified atom stereocenters. The van der Waals surface area contributed by atoms with Gasteiger partial charge in [-0.2, -0.15) is 0 Å². The number of halogens is 1. The molecule has 1 fully saturated rings. The first-order valence-electron chi connectivity index (χ1n) is 8.80. The van der Waals surface area contributed by atoms with E-state index in [2.05, 4.69) is 33.2 Å². The molecule has 1 saturated heterocycles. The van der Waals surface area contributed by atoms with Gasteiger partial charge in [-0.25, -0.2) is 0 Å². The molecule has 0 radical (unpaired) electrons. The number of nitrogens with zero attached hydrogens (tertiary/aromatic N) is 1. The van der Waals surface area contributed by atoms with Gasteiger partial charge in [-0.15, -0.1) is 0 Å². The zero-order valence-corrected chi connectivity index (χ0v) is 16.7. The van der Waals surface area contributed by atoms with Gasteiger partial charge in [-0.3, -0.25) is 9.59 Å². The van der Waals surface area contributed by atoms with Crippen molar-refractivity contribution in [2.45, 2.75) is 19.3 Å². The summed E-state index contributed by atoms with van der Waals surface area (Å²) < 4.78 is 1.15. The van der Waals surface area contributed by atoms with Gasteiger partial charge in [0.1, 0.15) is 0 Å². The largest absolute Gasteiger partial charge is 0.376 e. The molecule has 1 aliphatic heterocycles. The lowest BCUT2D eigenvalue weighted by atomic mass is 10.1. The molecule has 2 amide bonds. The Kier molecular flexibility index (Phi) is 6.49. The molecular weight excluding hydrogens is 441 g/mol. The summed E-state index contributed by atoms with van der Waals surface area (Å²) >= 11 is 2.24. The lowest BCUT2D eigenvalue weighted by Crippen LogP contribution is -2.35. The van der Waals surface area contributed by atoms with Crippen molar-refractivity contribution in [2.75, 3.05) is 30.3 Å². The highest BCUT2D eigenvalue weighted by atomic mass is 127.